The average Bonchev–Trinajstić information content (AvgIpc) is 2.38. The lowest BCUT2D eigenvalue weighted by atomic mass is 10.4. The molecular weight excluding hydrogens is 236 g/mol. The van der Waals surface area contributed by atoms with Crippen LogP contribution in [0.15, 0.2) is 34.3 Å². The number of thioether (sulfide) groups is 1. The zero-order chi connectivity index (χ0) is 12.1. The van der Waals surface area contributed by atoms with Crippen LogP contribution in [0.2, 0.25) is 0 Å². The minimum atomic E-state index is -0.161. The highest BCUT2D eigenvalue weighted by atomic mass is 32.2. The van der Waals surface area contributed by atoms with E-state index in [9.17, 15) is 4.79 Å². The number of nitrogens with zero attached hydrogens (tertiary/aromatic N) is 3. The van der Waals surface area contributed by atoms with E-state index in [1.807, 2.05) is 25.1 Å². The van der Waals surface area contributed by atoms with Gasteiger partial charge in [-0.3, -0.25) is 14.8 Å². The fourth-order valence-electron chi connectivity index (χ4n) is 1.27. The Hall–Kier alpha value is -1.69. The van der Waals surface area contributed by atoms with Crippen molar-refractivity contribution in [2.24, 2.45) is 0 Å². The van der Waals surface area contributed by atoms with Crippen LogP contribution in [0.4, 0.5) is 0 Å². The number of aromatic nitrogens is 4. The number of aromatic amines is 1. The van der Waals surface area contributed by atoms with Crippen LogP contribution < -0.4 is 5.56 Å². The maximum Gasteiger partial charge on any atom is 0.273 e. The Labute approximate surface area is 103 Å². The second-order valence-corrected chi connectivity index (χ2v) is 4.33. The van der Waals surface area contributed by atoms with E-state index >= 15 is 0 Å². The van der Waals surface area contributed by atoms with Crippen LogP contribution >= 0.6 is 11.8 Å². The van der Waals surface area contributed by atoms with E-state index in [2.05, 4.69) is 20.2 Å². The van der Waals surface area contributed by atoms with Crippen molar-refractivity contribution in [1.82, 2.24) is 20.2 Å². The van der Waals surface area contributed by atoms with Crippen LogP contribution in [0.1, 0.15) is 18.3 Å². The van der Waals surface area contributed by atoms with Gasteiger partial charge in [-0.1, -0.05) is 24.8 Å². The van der Waals surface area contributed by atoms with E-state index in [1.165, 1.54) is 11.8 Å². The molecule has 0 bridgehead atoms. The highest BCUT2D eigenvalue weighted by molar-refractivity contribution is 7.98. The average molecular weight is 248 g/mol. The summed E-state index contributed by atoms with van der Waals surface area (Å²) in [6.07, 6.45) is 2.33. The molecule has 0 saturated carbocycles. The van der Waals surface area contributed by atoms with Crippen molar-refractivity contribution in [2.75, 3.05) is 0 Å². The van der Waals surface area contributed by atoms with Crippen molar-refractivity contribution in [3.63, 3.8) is 0 Å². The molecule has 0 aromatic carbocycles. The van der Waals surface area contributed by atoms with Gasteiger partial charge in [-0.15, -0.1) is 10.2 Å². The Morgan fingerprint density at radius 1 is 1.35 bits per heavy atom. The summed E-state index contributed by atoms with van der Waals surface area (Å²) >= 11 is 1.42. The number of rotatable bonds is 4. The first kappa shape index (κ1) is 11.8. The quantitative estimate of drug-likeness (QED) is 0.828. The van der Waals surface area contributed by atoms with Crippen molar-refractivity contribution in [1.29, 1.82) is 0 Å². The summed E-state index contributed by atoms with van der Waals surface area (Å²) in [6, 6.07) is 5.72. The van der Waals surface area contributed by atoms with Crippen LogP contribution in [-0.4, -0.2) is 20.2 Å². The molecule has 6 heteroatoms. The highest BCUT2D eigenvalue weighted by Gasteiger charge is 2.03. The summed E-state index contributed by atoms with van der Waals surface area (Å²) in [5.74, 6) is 0.664. The molecule has 0 saturated heterocycles. The summed E-state index contributed by atoms with van der Waals surface area (Å²) in [5, 5.41) is 8.35. The van der Waals surface area contributed by atoms with E-state index in [-0.39, 0.29) is 5.56 Å². The molecule has 0 unspecified atom stereocenters. The highest BCUT2D eigenvalue weighted by Crippen LogP contribution is 2.15. The first-order valence-corrected chi connectivity index (χ1v) is 6.26. The van der Waals surface area contributed by atoms with Crippen molar-refractivity contribution < 1.29 is 0 Å². The van der Waals surface area contributed by atoms with Gasteiger partial charge >= 0.3 is 0 Å². The molecule has 0 atom stereocenters. The van der Waals surface area contributed by atoms with Gasteiger partial charge in [0.15, 0.2) is 5.16 Å². The van der Waals surface area contributed by atoms with Crippen LogP contribution in [-0.2, 0) is 12.2 Å². The molecule has 17 heavy (non-hydrogen) atoms. The molecule has 1 N–H and O–H groups in total. The topological polar surface area (TPSA) is 71.5 Å². The molecular formula is C11H12N4OS. The summed E-state index contributed by atoms with van der Waals surface area (Å²) in [5.41, 5.74) is 1.25. The second kappa shape index (κ2) is 5.58. The lowest BCUT2D eigenvalue weighted by Crippen LogP contribution is -2.16. The SMILES string of the molecule is CCc1nnc(SCc2ccccn2)[nH]c1=O. The van der Waals surface area contributed by atoms with Gasteiger partial charge in [0.25, 0.3) is 5.56 Å². The van der Waals surface area contributed by atoms with Gasteiger partial charge in [0.2, 0.25) is 0 Å². The Morgan fingerprint density at radius 3 is 2.88 bits per heavy atom. The maximum absolute atomic E-state index is 11.5. The van der Waals surface area contributed by atoms with E-state index in [4.69, 9.17) is 0 Å². The van der Waals surface area contributed by atoms with Crippen LogP contribution in [0.3, 0.4) is 0 Å². The lowest BCUT2D eigenvalue weighted by Gasteiger charge is -2.00. The van der Waals surface area contributed by atoms with E-state index in [0.29, 0.717) is 23.0 Å². The van der Waals surface area contributed by atoms with Crippen LogP contribution in [0, 0.1) is 0 Å². The van der Waals surface area contributed by atoms with Gasteiger partial charge < -0.3 is 0 Å². The van der Waals surface area contributed by atoms with E-state index < -0.39 is 0 Å². The minimum Gasteiger partial charge on any atom is -0.298 e. The number of aryl methyl sites for hydroxylation is 1. The summed E-state index contributed by atoms with van der Waals surface area (Å²) in [4.78, 5) is 18.4. The smallest absolute Gasteiger partial charge is 0.273 e. The molecule has 0 aliphatic heterocycles. The van der Waals surface area contributed by atoms with Crippen molar-refractivity contribution in [3.8, 4) is 0 Å². The first-order chi connectivity index (χ1) is 8.29. The molecule has 0 aliphatic carbocycles. The van der Waals surface area contributed by atoms with Gasteiger partial charge in [0.1, 0.15) is 5.69 Å². The fraction of sp³-hybridized carbons (Fsp3) is 0.273. The van der Waals surface area contributed by atoms with Gasteiger partial charge in [0, 0.05) is 11.9 Å². The third-order valence-corrected chi connectivity index (χ3v) is 3.06. The first-order valence-electron chi connectivity index (χ1n) is 5.28. The monoisotopic (exact) mass is 248 g/mol. The van der Waals surface area contributed by atoms with Gasteiger partial charge in [-0.05, 0) is 18.6 Å². The predicted octanol–water partition coefficient (Wildman–Crippen LogP) is 1.41. The molecule has 0 radical (unpaired) electrons. The summed E-state index contributed by atoms with van der Waals surface area (Å²) in [6.45, 7) is 1.87. The number of hydrogen-bond acceptors (Lipinski definition) is 5. The number of hydrogen-bond donors (Lipinski definition) is 1. The largest absolute Gasteiger partial charge is 0.298 e. The van der Waals surface area contributed by atoms with Crippen LogP contribution in [0.25, 0.3) is 0 Å². The summed E-state index contributed by atoms with van der Waals surface area (Å²) in [7, 11) is 0. The summed E-state index contributed by atoms with van der Waals surface area (Å²) < 4.78 is 0. The predicted molar refractivity (Wildman–Crippen MR) is 65.8 cm³/mol. The van der Waals surface area contributed by atoms with E-state index in [0.717, 1.165) is 5.69 Å². The van der Waals surface area contributed by atoms with Gasteiger partial charge in [0.05, 0.1) is 5.69 Å². The number of nitrogens with one attached hydrogen (secondary N) is 1. The molecule has 2 rings (SSSR count). The Balaban J connectivity index is 2.05. The van der Waals surface area contributed by atoms with Gasteiger partial charge in [-0.25, -0.2) is 0 Å². The molecule has 2 aromatic rings. The number of H-pyrrole nitrogens is 1. The Morgan fingerprint density at radius 2 is 2.24 bits per heavy atom. The maximum atomic E-state index is 11.5. The minimum absolute atomic E-state index is 0.161. The molecule has 0 fully saturated rings. The second-order valence-electron chi connectivity index (χ2n) is 3.37. The molecule has 0 amide bonds. The van der Waals surface area contributed by atoms with E-state index in [1.54, 1.807) is 6.20 Å². The lowest BCUT2D eigenvalue weighted by molar-refractivity contribution is 0.765. The third-order valence-electron chi connectivity index (χ3n) is 2.16. The molecule has 0 aliphatic rings. The molecule has 2 aromatic heterocycles. The normalized spacial score (nSPS) is 10.4. The standard InChI is InChI=1S/C11H12N4OS/c1-2-9-10(16)13-11(15-14-9)17-7-8-5-3-4-6-12-8/h3-6H,2,7H2,1H3,(H,13,15,16). The molecule has 5 nitrogen and oxygen atoms in total. The van der Waals surface area contributed by atoms with Gasteiger partial charge in [-0.2, -0.15) is 0 Å². The third kappa shape index (κ3) is 3.13. The van der Waals surface area contributed by atoms with Crippen LogP contribution in [0.5, 0.6) is 0 Å². The molecule has 0 spiro atoms. The Bertz CT molecular complexity index is 541. The zero-order valence-electron chi connectivity index (χ0n) is 9.38. The zero-order valence-corrected chi connectivity index (χ0v) is 10.2. The molecule has 88 valence electrons. The fourth-order valence-corrected chi connectivity index (χ4v) is 1.99. The van der Waals surface area contributed by atoms with Crippen molar-refractivity contribution in [2.45, 2.75) is 24.3 Å². The van der Waals surface area contributed by atoms with Crippen molar-refractivity contribution in [3.05, 3.63) is 46.1 Å². The number of pyridine rings is 1. The Kier molecular flexibility index (Phi) is 3.87. The van der Waals surface area contributed by atoms with Crippen molar-refractivity contribution >= 4 is 11.8 Å². The molecule has 2 heterocycles.